The van der Waals surface area contributed by atoms with Gasteiger partial charge in [0.25, 0.3) is 0 Å². The Morgan fingerprint density at radius 3 is 2.59 bits per heavy atom. The third-order valence-electron chi connectivity index (χ3n) is 3.67. The van der Waals surface area contributed by atoms with Crippen LogP contribution in [0.5, 0.6) is 0 Å². The molecule has 1 atom stereocenters. The van der Waals surface area contributed by atoms with Gasteiger partial charge in [-0.2, -0.15) is 0 Å². The number of hydrogen-bond donors (Lipinski definition) is 2. The van der Waals surface area contributed by atoms with E-state index in [1.807, 2.05) is 0 Å². The lowest BCUT2D eigenvalue weighted by Gasteiger charge is -2.18. The highest BCUT2D eigenvalue weighted by Gasteiger charge is 2.28. The Bertz CT molecular complexity index is 649. The predicted molar refractivity (Wildman–Crippen MR) is 86.2 cm³/mol. The Morgan fingerprint density at radius 2 is 2.00 bits per heavy atom. The minimum absolute atomic E-state index is 0.0395. The molecule has 1 aliphatic carbocycles. The fraction of sp³-hybridized carbons (Fsp3) is 0.353. The number of amides is 1. The maximum atomic E-state index is 13.1. The first kappa shape index (κ1) is 15.2. The minimum atomic E-state index is -0.455. The molecule has 1 unspecified atom stereocenters. The summed E-state index contributed by atoms with van der Waals surface area (Å²) in [6.07, 6.45) is 2.10. The fourth-order valence-electron chi connectivity index (χ4n) is 2.31. The van der Waals surface area contributed by atoms with E-state index in [4.69, 9.17) is 0 Å². The Balaban J connectivity index is 1.72. The summed E-state index contributed by atoms with van der Waals surface area (Å²) in [5.41, 5.74) is 0.785. The van der Waals surface area contributed by atoms with Gasteiger partial charge in [-0.3, -0.25) is 10.1 Å². The van der Waals surface area contributed by atoms with Gasteiger partial charge in [-0.25, -0.2) is 4.39 Å². The molecule has 3 rings (SSSR count). The zero-order valence-corrected chi connectivity index (χ0v) is 13.3. The van der Waals surface area contributed by atoms with Gasteiger partial charge in [-0.15, -0.1) is 11.3 Å². The first-order chi connectivity index (χ1) is 10.6. The van der Waals surface area contributed by atoms with Gasteiger partial charge in [-0.05, 0) is 49.6 Å². The fourth-order valence-corrected chi connectivity index (χ4v) is 3.15. The number of hydrogen-bond acceptors (Lipinski definition) is 3. The molecule has 1 aromatic carbocycles. The summed E-state index contributed by atoms with van der Waals surface area (Å²) in [5, 5.41) is 6.31. The summed E-state index contributed by atoms with van der Waals surface area (Å²) >= 11 is 1.71. The molecule has 1 saturated carbocycles. The van der Waals surface area contributed by atoms with Gasteiger partial charge in [0.05, 0.1) is 0 Å². The van der Waals surface area contributed by atoms with E-state index in [1.165, 1.54) is 21.9 Å². The topological polar surface area (TPSA) is 41.1 Å². The molecule has 0 saturated heterocycles. The number of halogens is 1. The summed E-state index contributed by atoms with van der Waals surface area (Å²) in [6, 6.07) is 10.1. The summed E-state index contributed by atoms with van der Waals surface area (Å²) in [7, 11) is 0. The highest BCUT2D eigenvalue weighted by molar-refractivity contribution is 7.11. The number of rotatable bonds is 6. The third kappa shape index (κ3) is 3.93. The summed E-state index contributed by atoms with van der Waals surface area (Å²) in [4.78, 5) is 14.9. The van der Waals surface area contributed by atoms with E-state index in [0.717, 1.165) is 18.4 Å². The van der Waals surface area contributed by atoms with E-state index < -0.39 is 6.04 Å². The smallest absolute Gasteiger partial charge is 0.241 e. The Morgan fingerprint density at radius 1 is 1.27 bits per heavy atom. The van der Waals surface area contributed by atoms with Gasteiger partial charge >= 0.3 is 0 Å². The first-order valence-electron chi connectivity index (χ1n) is 7.46. The van der Waals surface area contributed by atoms with Crippen LogP contribution in [0.2, 0.25) is 0 Å². The van der Waals surface area contributed by atoms with Gasteiger partial charge in [0, 0.05) is 22.3 Å². The number of benzene rings is 1. The van der Waals surface area contributed by atoms with Gasteiger partial charge < -0.3 is 5.32 Å². The van der Waals surface area contributed by atoms with Crippen LogP contribution in [0, 0.1) is 12.7 Å². The molecule has 2 aromatic rings. The van der Waals surface area contributed by atoms with Crippen molar-refractivity contribution in [3.8, 4) is 0 Å². The van der Waals surface area contributed by atoms with Crippen molar-refractivity contribution in [3.05, 3.63) is 57.5 Å². The number of carbonyl (C=O) groups is 1. The zero-order chi connectivity index (χ0) is 15.5. The number of aryl methyl sites for hydroxylation is 1. The van der Waals surface area contributed by atoms with Crippen molar-refractivity contribution in [1.82, 2.24) is 10.6 Å². The molecule has 1 aliphatic rings. The van der Waals surface area contributed by atoms with Gasteiger partial charge in [-0.1, -0.05) is 12.1 Å². The van der Waals surface area contributed by atoms with Crippen LogP contribution in [0.15, 0.2) is 36.4 Å². The molecular weight excluding hydrogens is 299 g/mol. The average Bonchev–Trinajstić information content (AvgIpc) is 3.21. The second-order valence-electron chi connectivity index (χ2n) is 5.66. The van der Waals surface area contributed by atoms with Crippen LogP contribution in [-0.4, -0.2) is 11.9 Å². The van der Waals surface area contributed by atoms with E-state index in [1.54, 1.807) is 23.5 Å². The Hall–Kier alpha value is -1.72. The average molecular weight is 318 g/mol. The van der Waals surface area contributed by atoms with Gasteiger partial charge in [0.2, 0.25) is 5.91 Å². The van der Waals surface area contributed by atoms with Crippen LogP contribution in [0.3, 0.4) is 0 Å². The molecule has 5 heteroatoms. The van der Waals surface area contributed by atoms with Crippen molar-refractivity contribution < 1.29 is 9.18 Å². The summed E-state index contributed by atoms with van der Waals surface area (Å²) in [5.74, 6) is -0.332. The third-order valence-corrected chi connectivity index (χ3v) is 4.67. The van der Waals surface area contributed by atoms with E-state index in [-0.39, 0.29) is 11.7 Å². The van der Waals surface area contributed by atoms with Crippen molar-refractivity contribution >= 4 is 17.2 Å². The molecule has 1 aromatic heterocycles. The molecule has 1 amide bonds. The minimum Gasteiger partial charge on any atom is -0.352 e. The highest BCUT2D eigenvalue weighted by atomic mass is 32.1. The normalized spacial score (nSPS) is 15.5. The molecule has 0 aliphatic heterocycles. The van der Waals surface area contributed by atoms with Crippen LogP contribution in [0.4, 0.5) is 4.39 Å². The standard InChI is InChI=1S/C17H19FN2OS/c1-11-2-9-15(22-11)10-19-16(17(21)20-14-7-8-14)12-3-5-13(18)6-4-12/h2-6,9,14,16,19H,7-8,10H2,1H3,(H,20,21). The summed E-state index contributed by atoms with van der Waals surface area (Å²) < 4.78 is 13.1. The van der Waals surface area contributed by atoms with Crippen LogP contribution in [-0.2, 0) is 11.3 Å². The number of thiophene rings is 1. The second-order valence-corrected chi connectivity index (χ2v) is 7.03. The van der Waals surface area contributed by atoms with Crippen molar-refractivity contribution in [2.24, 2.45) is 0 Å². The molecule has 3 nitrogen and oxygen atoms in total. The Labute approximate surface area is 133 Å². The first-order valence-corrected chi connectivity index (χ1v) is 8.28. The van der Waals surface area contributed by atoms with Crippen LogP contribution >= 0.6 is 11.3 Å². The van der Waals surface area contributed by atoms with Gasteiger partial charge in [0.1, 0.15) is 11.9 Å². The molecule has 1 heterocycles. The van der Waals surface area contributed by atoms with Crippen molar-refractivity contribution in [1.29, 1.82) is 0 Å². The lowest BCUT2D eigenvalue weighted by atomic mass is 10.1. The SMILES string of the molecule is Cc1ccc(CNC(C(=O)NC2CC2)c2ccc(F)cc2)s1. The highest BCUT2D eigenvalue weighted by Crippen LogP contribution is 2.22. The van der Waals surface area contributed by atoms with Crippen molar-refractivity contribution in [3.63, 3.8) is 0 Å². The number of carbonyl (C=O) groups excluding carboxylic acids is 1. The maximum Gasteiger partial charge on any atom is 0.241 e. The predicted octanol–water partition coefficient (Wildman–Crippen LogP) is 3.31. The molecule has 0 spiro atoms. The zero-order valence-electron chi connectivity index (χ0n) is 12.4. The van der Waals surface area contributed by atoms with Crippen molar-refractivity contribution in [2.45, 2.75) is 38.4 Å². The van der Waals surface area contributed by atoms with E-state index in [0.29, 0.717) is 12.6 Å². The van der Waals surface area contributed by atoms with Crippen molar-refractivity contribution in [2.75, 3.05) is 0 Å². The Kier molecular flexibility index (Phi) is 4.55. The maximum absolute atomic E-state index is 13.1. The molecule has 2 N–H and O–H groups in total. The van der Waals surface area contributed by atoms with Crippen LogP contribution in [0.25, 0.3) is 0 Å². The molecular formula is C17H19FN2OS. The number of nitrogens with one attached hydrogen (secondary N) is 2. The monoisotopic (exact) mass is 318 g/mol. The summed E-state index contributed by atoms with van der Waals surface area (Å²) in [6.45, 7) is 2.68. The molecule has 116 valence electrons. The molecule has 22 heavy (non-hydrogen) atoms. The second kappa shape index (κ2) is 6.58. The van der Waals surface area contributed by atoms with Crippen LogP contribution < -0.4 is 10.6 Å². The molecule has 0 radical (unpaired) electrons. The van der Waals surface area contributed by atoms with Gasteiger partial charge in [0.15, 0.2) is 0 Å². The molecule has 1 fully saturated rings. The lowest BCUT2D eigenvalue weighted by molar-refractivity contribution is -0.123. The largest absolute Gasteiger partial charge is 0.352 e. The quantitative estimate of drug-likeness (QED) is 0.858. The van der Waals surface area contributed by atoms with E-state index in [9.17, 15) is 9.18 Å². The van der Waals surface area contributed by atoms with E-state index >= 15 is 0 Å². The molecule has 0 bridgehead atoms. The van der Waals surface area contributed by atoms with Crippen LogP contribution in [0.1, 0.15) is 34.2 Å². The lowest BCUT2D eigenvalue weighted by Crippen LogP contribution is -2.38. The van der Waals surface area contributed by atoms with E-state index in [2.05, 4.69) is 29.7 Å².